The second-order valence-corrected chi connectivity index (χ2v) is 4.41. The van der Waals surface area contributed by atoms with Crippen LogP contribution in [0.2, 0.25) is 0 Å². The highest BCUT2D eigenvalue weighted by molar-refractivity contribution is 7.79. The van der Waals surface area contributed by atoms with Gasteiger partial charge < -0.3 is 5.73 Å². The fourth-order valence-electron chi connectivity index (χ4n) is 1.58. The third-order valence-corrected chi connectivity index (χ3v) is 2.64. The zero-order valence-electron chi connectivity index (χ0n) is 8.59. The zero-order chi connectivity index (χ0) is 11.3. The normalized spacial score (nSPS) is 30.3. The molecular formula is C7H17N3O4S. The molecule has 0 amide bonds. The van der Waals surface area contributed by atoms with E-state index in [1.54, 1.807) is 10.7 Å². The largest absolute Gasteiger partial charge is 0.328 e. The Hall–Kier alpha value is -0.0900. The van der Waals surface area contributed by atoms with Crippen molar-refractivity contribution in [2.45, 2.75) is 24.9 Å². The van der Waals surface area contributed by atoms with Crippen molar-refractivity contribution in [1.82, 2.24) is 10.7 Å². The van der Waals surface area contributed by atoms with Crippen molar-refractivity contribution in [2.24, 2.45) is 5.73 Å². The lowest BCUT2D eigenvalue weighted by Crippen LogP contribution is -2.49. The lowest BCUT2D eigenvalue weighted by molar-refractivity contribution is -0.178. The quantitative estimate of drug-likeness (QED) is 0.525. The number of nitrogens with zero attached hydrogens (tertiary/aromatic N) is 1. The second kappa shape index (κ2) is 6.48. The minimum absolute atomic E-state index is 0.0856. The van der Waals surface area contributed by atoms with Crippen LogP contribution >= 0.6 is 0 Å². The fraction of sp³-hybridized carbons (Fsp3) is 1.00. The van der Waals surface area contributed by atoms with E-state index < -0.39 is 11.1 Å². The molecule has 0 aliphatic carbocycles. The van der Waals surface area contributed by atoms with Crippen molar-refractivity contribution in [1.29, 1.82) is 0 Å². The van der Waals surface area contributed by atoms with E-state index in [1.807, 2.05) is 0 Å². The van der Waals surface area contributed by atoms with Crippen LogP contribution in [0, 0.1) is 0 Å². The number of hydrogen-bond donors (Lipinski definition) is 3. The van der Waals surface area contributed by atoms with E-state index in [9.17, 15) is 4.21 Å². The Balaban J connectivity index is 2.45. The summed E-state index contributed by atoms with van der Waals surface area (Å²) in [5.41, 5.74) is 7.40. The molecule has 0 radical (unpaired) electrons. The number of nitrogens with two attached hydrogens (primary N) is 1. The van der Waals surface area contributed by atoms with Crippen molar-refractivity contribution >= 4 is 11.1 Å². The van der Waals surface area contributed by atoms with Gasteiger partial charge in [-0.25, -0.2) is 4.21 Å². The van der Waals surface area contributed by atoms with Gasteiger partial charge >= 0.3 is 0 Å². The fourth-order valence-corrected chi connectivity index (χ4v) is 2.04. The van der Waals surface area contributed by atoms with E-state index in [2.05, 4.69) is 4.84 Å². The Kier molecular flexibility index (Phi) is 5.61. The van der Waals surface area contributed by atoms with Crippen LogP contribution in [0.1, 0.15) is 12.8 Å². The topological polar surface area (TPSA) is 97.1 Å². The van der Waals surface area contributed by atoms with Crippen LogP contribution in [0.3, 0.4) is 0 Å². The van der Waals surface area contributed by atoms with Gasteiger partial charge in [0.05, 0.1) is 12.6 Å². The van der Waals surface area contributed by atoms with Crippen LogP contribution < -0.4 is 11.4 Å². The average Bonchev–Trinajstić information content (AvgIpc) is 2.18. The molecule has 0 spiro atoms. The SMILES string of the molecule is CS(=O)ON1CCC(N)CC1CONO. The molecule has 4 N–H and O–H groups in total. The van der Waals surface area contributed by atoms with Gasteiger partial charge in [-0.05, 0) is 12.8 Å². The average molecular weight is 239 g/mol. The van der Waals surface area contributed by atoms with Crippen LogP contribution in [0.25, 0.3) is 0 Å². The standard InChI is InChI=1S/C7H17N3O4S/c1-15(12)14-10-3-2-6(8)4-7(10)5-13-9-11/h6-7,9,11H,2-5,8H2,1H3. The lowest BCUT2D eigenvalue weighted by Gasteiger charge is -2.35. The van der Waals surface area contributed by atoms with E-state index in [0.29, 0.717) is 13.0 Å². The van der Waals surface area contributed by atoms with Gasteiger partial charge in [0, 0.05) is 18.8 Å². The summed E-state index contributed by atoms with van der Waals surface area (Å²) in [6, 6.07) is -0.0141. The zero-order valence-corrected chi connectivity index (χ0v) is 9.40. The Labute approximate surface area is 91.0 Å². The van der Waals surface area contributed by atoms with Gasteiger partial charge in [0.25, 0.3) is 0 Å². The molecule has 1 rings (SSSR count). The van der Waals surface area contributed by atoms with E-state index in [1.165, 1.54) is 6.26 Å². The number of piperidine rings is 1. The molecule has 0 aromatic rings. The predicted molar refractivity (Wildman–Crippen MR) is 53.7 cm³/mol. The number of hydroxylamine groups is 2. The van der Waals surface area contributed by atoms with Gasteiger partial charge in [-0.2, -0.15) is 9.35 Å². The molecule has 15 heavy (non-hydrogen) atoms. The summed E-state index contributed by atoms with van der Waals surface area (Å²) in [6.07, 6.45) is 2.93. The summed E-state index contributed by atoms with van der Waals surface area (Å²) in [4.78, 5) is 4.66. The van der Waals surface area contributed by atoms with E-state index in [0.717, 1.165) is 6.42 Å². The van der Waals surface area contributed by atoms with Crippen LogP contribution in [0.5, 0.6) is 0 Å². The van der Waals surface area contributed by atoms with Crippen molar-refractivity contribution in [3.05, 3.63) is 0 Å². The highest BCUT2D eigenvalue weighted by atomic mass is 32.2. The smallest absolute Gasteiger partial charge is 0.170 e. The number of nitrogens with one attached hydrogen (secondary N) is 1. The summed E-state index contributed by atoms with van der Waals surface area (Å²) in [6.45, 7) is 0.835. The summed E-state index contributed by atoms with van der Waals surface area (Å²) in [5.74, 6) is 0. The van der Waals surface area contributed by atoms with Gasteiger partial charge in [0.2, 0.25) is 0 Å². The molecule has 7 nitrogen and oxygen atoms in total. The van der Waals surface area contributed by atoms with Crippen LogP contribution in [0.4, 0.5) is 0 Å². The molecule has 1 saturated heterocycles. The Morgan fingerprint density at radius 1 is 1.73 bits per heavy atom. The molecule has 1 aliphatic heterocycles. The minimum Gasteiger partial charge on any atom is -0.328 e. The Bertz CT molecular complexity index is 218. The summed E-state index contributed by atoms with van der Waals surface area (Å²) >= 11 is -1.35. The summed E-state index contributed by atoms with van der Waals surface area (Å²) < 4.78 is 16.0. The maximum absolute atomic E-state index is 10.9. The Morgan fingerprint density at radius 3 is 3.07 bits per heavy atom. The van der Waals surface area contributed by atoms with E-state index >= 15 is 0 Å². The molecule has 3 atom stereocenters. The lowest BCUT2D eigenvalue weighted by atomic mass is 10.0. The molecule has 1 heterocycles. The van der Waals surface area contributed by atoms with Gasteiger partial charge in [-0.15, -0.1) is 0 Å². The highest BCUT2D eigenvalue weighted by Gasteiger charge is 2.28. The molecule has 90 valence electrons. The van der Waals surface area contributed by atoms with Gasteiger partial charge in [0.15, 0.2) is 11.1 Å². The summed E-state index contributed by atoms with van der Waals surface area (Å²) in [5, 5.41) is 9.90. The van der Waals surface area contributed by atoms with Crippen LogP contribution in [0.15, 0.2) is 0 Å². The molecule has 0 aromatic heterocycles. The first-order valence-electron chi connectivity index (χ1n) is 4.68. The van der Waals surface area contributed by atoms with E-state index in [-0.39, 0.29) is 18.7 Å². The van der Waals surface area contributed by atoms with Crippen molar-refractivity contribution < 1.29 is 18.5 Å². The molecule has 0 saturated carbocycles. The van der Waals surface area contributed by atoms with Crippen LogP contribution in [-0.2, 0) is 20.2 Å². The van der Waals surface area contributed by atoms with Crippen LogP contribution in [-0.4, -0.2) is 46.0 Å². The molecule has 0 bridgehead atoms. The number of rotatable bonds is 5. The highest BCUT2D eigenvalue weighted by Crippen LogP contribution is 2.17. The predicted octanol–water partition coefficient (Wildman–Crippen LogP) is -1.09. The van der Waals surface area contributed by atoms with Crippen molar-refractivity contribution in [2.75, 3.05) is 19.4 Å². The number of hydrogen-bond acceptors (Lipinski definition) is 7. The van der Waals surface area contributed by atoms with Crippen molar-refractivity contribution in [3.63, 3.8) is 0 Å². The first-order valence-corrected chi connectivity index (χ1v) is 6.16. The van der Waals surface area contributed by atoms with Crippen molar-refractivity contribution in [3.8, 4) is 0 Å². The summed E-state index contributed by atoms with van der Waals surface area (Å²) in [7, 11) is 0. The molecule has 3 unspecified atom stereocenters. The maximum atomic E-state index is 10.9. The monoisotopic (exact) mass is 239 g/mol. The van der Waals surface area contributed by atoms with E-state index in [4.69, 9.17) is 15.2 Å². The first-order chi connectivity index (χ1) is 7.13. The minimum atomic E-state index is -1.35. The van der Waals surface area contributed by atoms with Gasteiger partial charge in [-0.1, -0.05) is 5.64 Å². The molecule has 1 aliphatic rings. The molecule has 1 fully saturated rings. The maximum Gasteiger partial charge on any atom is 0.170 e. The molecular weight excluding hydrogens is 222 g/mol. The molecule has 8 heteroatoms. The second-order valence-electron chi connectivity index (χ2n) is 3.46. The molecule has 0 aromatic carbocycles. The van der Waals surface area contributed by atoms with Gasteiger partial charge in [0.1, 0.15) is 0 Å². The Morgan fingerprint density at radius 2 is 2.47 bits per heavy atom. The first kappa shape index (κ1) is 13.0. The third-order valence-electron chi connectivity index (χ3n) is 2.24. The third kappa shape index (κ3) is 4.51. The van der Waals surface area contributed by atoms with Gasteiger partial charge in [-0.3, -0.25) is 10.0 Å².